The number of amides is 1. The van der Waals surface area contributed by atoms with Gasteiger partial charge in [-0.1, -0.05) is 43.7 Å². The van der Waals surface area contributed by atoms with Gasteiger partial charge in [-0.3, -0.25) is 9.59 Å². The minimum absolute atomic E-state index is 0.0151. The topological polar surface area (TPSA) is 74.8 Å². The maximum absolute atomic E-state index is 12.5. The Bertz CT molecular complexity index is 1040. The fourth-order valence-corrected chi connectivity index (χ4v) is 5.24. The maximum atomic E-state index is 12.5. The molecule has 1 aliphatic rings. The van der Waals surface area contributed by atoms with Gasteiger partial charge in [-0.25, -0.2) is 4.98 Å². The lowest BCUT2D eigenvalue weighted by atomic mass is 10.0. The number of thiophene rings is 1. The number of nitrogens with zero attached hydrogens (tertiary/aromatic N) is 1. The first-order valence-corrected chi connectivity index (χ1v) is 10.8. The molecule has 1 aromatic carbocycles. The molecular formula is C22H25N3O2S. The van der Waals surface area contributed by atoms with Crippen LogP contribution in [0.1, 0.15) is 60.5 Å². The predicted molar refractivity (Wildman–Crippen MR) is 113 cm³/mol. The number of carbonyl (C=O) groups is 1. The molecule has 1 atom stereocenters. The van der Waals surface area contributed by atoms with Gasteiger partial charge < -0.3 is 10.3 Å². The third-order valence-corrected chi connectivity index (χ3v) is 6.51. The first kappa shape index (κ1) is 18.9. The van der Waals surface area contributed by atoms with Crippen LogP contribution in [0.5, 0.6) is 0 Å². The van der Waals surface area contributed by atoms with Gasteiger partial charge in [0.15, 0.2) is 0 Å². The second-order valence-corrected chi connectivity index (χ2v) is 8.45. The van der Waals surface area contributed by atoms with Gasteiger partial charge in [-0.15, -0.1) is 11.3 Å². The third kappa shape index (κ3) is 3.87. The van der Waals surface area contributed by atoms with Crippen LogP contribution in [-0.2, 0) is 24.1 Å². The minimum Gasteiger partial charge on any atom is -0.349 e. The van der Waals surface area contributed by atoms with Crippen LogP contribution in [0.25, 0.3) is 10.2 Å². The summed E-state index contributed by atoms with van der Waals surface area (Å²) in [5.41, 5.74) is 2.25. The van der Waals surface area contributed by atoms with Crippen LogP contribution in [0.4, 0.5) is 0 Å². The van der Waals surface area contributed by atoms with E-state index in [2.05, 4.69) is 22.2 Å². The number of carbonyl (C=O) groups excluding carboxylic acids is 1. The number of hydrogen-bond acceptors (Lipinski definition) is 4. The molecular weight excluding hydrogens is 370 g/mol. The highest BCUT2D eigenvalue weighted by Crippen LogP contribution is 2.34. The Hall–Kier alpha value is -2.47. The minimum atomic E-state index is -0.0621. The van der Waals surface area contributed by atoms with Crippen LogP contribution in [-0.4, -0.2) is 15.9 Å². The van der Waals surface area contributed by atoms with Crippen molar-refractivity contribution in [2.75, 3.05) is 0 Å². The van der Waals surface area contributed by atoms with Crippen molar-refractivity contribution in [2.24, 2.45) is 0 Å². The van der Waals surface area contributed by atoms with E-state index in [1.807, 2.05) is 30.3 Å². The van der Waals surface area contributed by atoms with E-state index in [0.717, 1.165) is 47.9 Å². The van der Waals surface area contributed by atoms with E-state index in [-0.39, 0.29) is 17.5 Å². The first-order valence-electron chi connectivity index (χ1n) is 10.0. The first-order chi connectivity index (χ1) is 13.7. The highest BCUT2D eigenvalue weighted by Gasteiger charge is 2.21. The van der Waals surface area contributed by atoms with Crippen molar-refractivity contribution >= 4 is 27.5 Å². The number of aryl methyl sites for hydroxylation is 3. The zero-order valence-corrected chi connectivity index (χ0v) is 16.9. The molecule has 4 rings (SSSR count). The van der Waals surface area contributed by atoms with Gasteiger partial charge in [0, 0.05) is 17.7 Å². The van der Waals surface area contributed by atoms with Gasteiger partial charge in [0.2, 0.25) is 5.91 Å². The molecule has 0 bridgehead atoms. The lowest BCUT2D eigenvalue weighted by Gasteiger charge is -2.18. The van der Waals surface area contributed by atoms with Gasteiger partial charge >= 0.3 is 0 Å². The molecule has 2 heterocycles. The molecule has 0 radical (unpaired) electrons. The molecule has 0 unspecified atom stereocenters. The summed E-state index contributed by atoms with van der Waals surface area (Å²) in [7, 11) is 0. The summed E-state index contributed by atoms with van der Waals surface area (Å²) < 4.78 is 0. The van der Waals surface area contributed by atoms with E-state index in [0.29, 0.717) is 18.7 Å². The Morgan fingerprint density at radius 3 is 2.89 bits per heavy atom. The Morgan fingerprint density at radius 1 is 1.29 bits per heavy atom. The van der Waals surface area contributed by atoms with Crippen LogP contribution in [0, 0.1) is 0 Å². The number of aromatic nitrogens is 2. The van der Waals surface area contributed by atoms with Crippen molar-refractivity contribution in [3.8, 4) is 0 Å². The van der Waals surface area contributed by atoms with E-state index in [4.69, 9.17) is 0 Å². The lowest BCUT2D eigenvalue weighted by molar-refractivity contribution is -0.121. The molecule has 0 saturated heterocycles. The van der Waals surface area contributed by atoms with Gasteiger partial charge in [-0.05, 0) is 36.8 Å². The molecule has 3 aromatic rings. The SMILES string of the molecule is CCC[C@@H](NC(=O)CCc1nc2sc3c(c2c(=O)[nH]1)CCC3)c1ccccc1. The summed E-state index contributed by atoms with van der Waals surface area (Å²) in [4.78, 5) is 34.7. The van der Waals surface area contributed by atoms with Crippen molar-refractivity contribution in [1.82, 2.24) is 15.3 Å². The molecule has 1 amide bonds. The van der Waals surface area contributed by atoms with Crippen molar-refractivity contribution < 1.29 is 4.79 Å². The molecule has 2 N–H and O–H groups in total. The smallest absolute Gasteiger partial charge is 0.259 e. The predicted octanol–water partition coefficient (Wildman–Crippen LogP) is 4.06. The molecule has 6 heteroatoms. The average Bonchev–Trinajstić information content (AvgIpc) is 3.27. The number of nitrogens with one attached hydrogen (secondary N) is 2. The molecule has 0 fully saturated rings. The number of aromatic amines is 1. The maximum Gasteiger partial charge on any atom is 0.259 e. The van der Waals surface area contributed by atoms with Crippen molar-refractivity contribution in [3.63, 3.8) is 0 Å². The normalized spacial score (nSPS) is 14.2. The van der Waals surface area contributed by atoms with E-state index in [1.165, 1.54) is 10.4 Å². The lowest BCUT2D eigenvalue weighted by Crippen LogP contribution is -2.29. The molecule has 0 aliphatic heterocycles. The summed E-state index contributed by atoms with van der Waals surface area (Å²) in [5, 5.41) is 3.89. The van der Waals surface area contributed by atoms with Crippen LogP contribution >= 0.6 is 11.3 Å². The van der Waals surface area contributed by atoms with Crippen molar-refractivity contribution in [2.45, 2.75) is 57.9 Å². The highest BCUT2D eigenvalue weighted by atomic mass is 32.1. The van der Waals surface area contributed by atoms with E-state index >= 15 is 0 Å². The monoisotopic (exact) mass is 395 g/mol. The molecule has 146 valence electrons. The summed E-state index contributed by atoms with van der Waals surface area (Å²) in [6.07, 6.45) is 5.79. The molecule has 0 spiro atoms. The Morgan fingerprint density at radius 2 is 2.11 bits per heavy atom. The quantitative estimate of drug-likeness (QED) is 0.633. The number of rotatable bonds is 7. The number of fused-ring (bicyclic) bond motifs is 3. The zero-order valence-electron chi connectivity index (χ0n) is 16.1. The standard InChI is InChI=1S/C22H25N3O2S/c1-2-7-16(14-8-4-3-5-9-14)23-19(26)13-12-18-24-21(27)20-15-10-6-11-17(15)28-22(20)25-18/h3-5,8-9,16H,2,6-7,10-13H2,1H3,(H,23,26)(H,24,25,27)/t16-/m1/s1. The second-order valence-electron chi connectivity index (χ2n) is 7.37. The Labute approximate surface area is 168 Å². The third-order valence-electron chi connectivity index (χ3n) is 5.33. The Kier molecular flexibility index (Phi) is 5.57. The fourth-order valence-electron chi connectivity index (χ4n) is 3.96. The molecule has 28 heavy (non-hydrogen) atoms. The number of H-pyrrole nitrogens is 1. The zero-order chi connectivity index (χ0) is 19.5. The summed E-state index contributed by atoms with van der Waals surface area (Å²) in [6.45, 7) is 2.12. The van der Waals surface area contributed by atoms with E-state index in [1.54, 1.807) is 11.3 Å². The molecule has 5 nitrogen and oxygen atoms in total. The average molecular weight is 396 g/mol. The second kappa shape index (κ2) is 8.27. The van der Waals surface area contributed by atoms with Gasteiger partial charge in [0.05, 0.1) is 11.4 Å². The van der Waals surface area contributed by atoms with Crippen LogP contribution in [0.15, 0.2) is 35.1 Å². The van der Waals surface area contributed by atoms with Gasteiger partial charge in [-0.2, -0.15) is 0 Å². The van der Waals surface area contributed by atoms with E-state index in [9.17, 15) is 9.59 Å². The van der Waals surface area contributed by atoms with Gasteiger partial charge in [0.25, 0.3) is 5.56 Å². The molecule has 0 saturated carbocycles. The molecule has 2 aromatic heterocycles. The van der Waals surface area contributed by atoms with Crippen molar-refractivity contribution in [3.05, 3.63) is 62.5 Å². The van der Waals surface area contributed by atoms with Crippen LogP contribution < -0.4 is 10.9 Å². The van der Waals surface area contributed by atoms with Gasteiger partial charge in [0.1, 0.15) is 10.7 Å². The summed E-state index contributed by atoms with van der Waals surface area (Å²) >= 11 is 1.63. The summed E-state index contributed by atoms with van der Waals surface area (Å²) in [5.74, 6) is 0.582. The van der Waals surface area contributed by atoms with Crippen LogP contribution in [0.2, 0.25) is 0 Å². The van der Waals surface area contributed by atoms with E-state index < -0.39 is 0 Å². The largest absolute Gasteiger partial charge is 0.349 e. The van der Waals surface area contributed by atoms with Crippen LogP contribution in [0.3, 0.4) is 0 Å². The van der Waals surface area contributed by atoms with Crippen molar-refractivity contribution in [1.29, 1.82) is 0 Å². The molecule has 1 aliphatic carbocycles. The Balaban J connectivity index is 1.44. The highest BCUT2D eigenvalue weighted by molar-refractivity contribution is 7.18. The fraction of sp³-hybridized carbons (Fsp3) is 0.409. The number of benzene rings is 1. The summed E-state index contributed by atoms with van der Waals surface area (Å²) in [6, 6.07) is 10.1. The number of hydrogen-bond donors (Lipinski definition) is 2.